The molecule has 1 fully saturated rings. The number of hydrogen-bond donors (Lipinski definition) is 3. The summed E-state index contributed by atoms with van der Waals surface area (Å²) in [5.41, 5.74) is 4.05. The summed E-state index contributed by atoms with van der Waals surface area (Å²) in [6.07, 6.45) is 3.53. The Bertz CT molecular complexity index is 1330. The molecule has 0 amide bonds. The van der Waals surface area contributed by atoms with Crippen LogP contribution in [0, 0.1) is 34.6 Å². The van der Waals surface area contributed by atoms with E-state index in [0.29, 0.717) is 49.5 Å². The van der Waals surface area contributed by atoms with Gasteiger partial charge >= 0.3 is 5.97 Å². The van der Waals surface area contributed by atoms with Crippen molar-refractivity contribution in [3.63, 3.8) is 0 Å². The summed E-state index contributed by atoms with van der Waals surface area (Å²) in [5, 5.41) is 23.6. The van der Waals surface area contributed by atoms with E-state index in [1.807, 2.05) is 29.2 Å². The highest BCUT2D eigenvalue weighted by Crippen LogP contribution is 2.33. The van der Waals surface area contributed by atoms with Crippen LogP contribution in [0.3, 0.4) is 0 Å². The van der Waals surface area contributed by atoms with E-state index >= 15 is 0 Å². The number of aliphatic carboxylic acids is 1. The number of nitrogens with one attached hydrogen (secondary N) is 1. The van der Waals surface area contributed by atoms with Crippen molar-refractivity contribution in [1.82, 2.24) is 15.4 Å². The molecule has 38 heavy (non-hydrogen) atoms. The number of ether oxygens (including phenoxy) is 1. The normalized spacial score (nSPS) is 18.5. The van der Waals surface area contributed by atoms with Gasteiger partial charge in [-0.2, -0.15) is 5.48 Å². The number of nitrogens with zero attached hydrogens (tertiary/aromatic N) is 2. The van der Waals surface area contributed by atoms with Crippen molar-refractivity contribution in [1.29, 1.82) is 0 Å². The zero-order valence-electron chi connectivity index (χ0n) is 20.9. The minimum atomic E-state index is -0.857. The number of likely N-dealkylation sites (tertiary alicyclic amines) is 1. The zero-order valence-corrected chi connectivity index (χ0v) is 21.7. The minimum Gasteiger partial charge on any atom is -0.497 e. The molecule has 0 spiro atoms. The molecule has 1 aliphatic rings. The lowest BCUT2D eigenvalue weighted by Crippen LogP contribution is -2.44. The lowest BCUT2D eigenvalue weighted by atomic mass is 9.81. The molecule has 0 aliphatic carbocycles. The van der Waals surface area contributed by atoms with Gasteiger partial charge in [-0.1, -0.05) is 5.92 Å². The molecule has 4 rings (SSSR count). The van der Waals surface area contributed by atoms with Crippen molar-refractivity contribution in [2.75, 3.05) is 26.7 Å². The molecule has 2 aromatic carbocycles. The maximum absolute atomic E-state index is 13.3. The van der Waals surface area contributed by atoms with Crippen molar-refractivity contribution >= 4 is 28.6 Å². The van der Waals surface area contributed by atoms with Gasteiger partial charge in [0.25, 0.3) is 0 Å². The maximum Gasteiger partial charge on any atom is 0.308 e. The molecule has 10 heteroatoms. The Balaban J connectivity index is 1.37. The number of carboxylic acid groups (broad SMARTS) is 1. The van der Waals surface area contributed by atoms with Crippen LogP contribution < -0.4 is 10.2 Å². The van der Waals surface area contributed by atoms with Crippen LogP contribution in [0.2, 0.25) is 0 Å². The second-order valence-electron chi connectivity index (χ2n) is 9.26. The van der Waals surface area contributed by atoms with Gasteiger partial charge in [-0.3, -0.25) is 14.7 Å². The highest BCUT2D eigenvalue weighted by molar-refractivity contribution is 8.03. The summed E-state index contributed by atoms with van der Waals surface area (Å²) in [6, 6.07) is 10.3. The molecule has 7 nitrogen and oxygen atoms in total. The van der Waals surface area contributed by atoms with Crippen LogP contribution in [0.5, 0.6) is 5.75 Å². The Morgan fingerprint density at radius 3 is 2.76 bits per heavy atom. The Morgan fingerprint density at radius 2 is 2.05 bits per heavy atom. The standard InChI is InChI=1S/C28H29F2N3O4S/c1-37-21-4-6-26-24(16-21)23(7-9-31-26)27(32-36)5-3-18-8-11-33(17-25(18)28(34)35)10-2-12-38-22-14-19(29)13-20(30)15-22/h4,6-7,9,13-16,18,25,27,32,36H,3,5,8,10-11,17H2,1H3,(H,34,35)/t18-,25+,27-/m1/s1. The number of fused-ring (bicyclic) bond motifs is 1. The number of thioether (sulfide) groups is 1. The lowest BCUT2D eigenvalue weighted by Gasteiger charge is -2.36. The van der Waals surface area contributed by atoms with E-state index < -0.39 is 29.6 Å². The first-order valence-electron chi connectivity index (χ1n) is 12.3. The smallest absolute Gasteiger partial charge is 0.308 e. The van der Waals surface area contributed by atoms with Crippen LogP contribution in [0.4, 0.5) is 8.78 Å². The summed E-state index contributed by atoms with van der Waals surface area (Å²) in [5.74, 6) is 0.862. The number of rotatable bonds is 9. The summed E-state index contributed by atoms with van der Waals surface area (Å²) >= 11 is 1.03. The van der Waals surface area contributed by atoms with Crippen molar-refractivity contribution in [2.24, 2.45) is 11.8 Å². The molecule has 3 atom stereocenters. The van der Waals surface area contributed by atoms with Crippen molar-refractivity contribution in [3.8, 4) is 16.9 Å². The summed E-state index contributed by atoms with van der Waals surface area (Å²) in [4.78, 5) is 18.8. The Morgan fingerprint density at radius 1 is 1.26 bits per heavy atom. The zero-order chi connectivity index (χ0) is 27.1. The van der Waals surface area contributed by atoms with Gasteiger partial charge < -0.3 is 15.1 Å². The third kappa shape index (κ3) is 6.99. The largest absolute Gasteiger partial charge is 0.497 e. The van der Waals surface area contributed by atoms with Gasteiger partial charge in [0.1, 0.15) is 17.4 Å². The van der Waals surface area contributed by atoms with Gasteiger partial charge in [-0.15, -0.1) is 0 Å². The van der Waals surface area contributed by atoms with E-state index in [0.717, 1.165) is 34.3 Å². The Labute approximate surface area is 224 Å². The number of piperidine rings is 1. The molecule has 3 N–H and O–H groups in total. The van der Waals surface area contributed by atoms with Crippen LogP contribution in [-0.4, -0.2) is 52.9 Å². The predicted octanol–water partition coefficient (Wildman–Crippen LogP) is 5.10. The first-order chi connectivity index (χ1) is 18.4. The van der Waals surface area contributed by atoms with Crippen LogP contribution in [0.25, 0.3) is 10.9 Å². The average Bonchev–Trinajstić information content (AvgIpc) is 2.91. The topological polar surface area (TPSA) is 94.9 Å². The average molecular weight is 542 g/mol. The number of halogens is 2. The number of methoxy groups -OCH3 is 1. The third-order valence-electron chi connectivity index (χ3n) is 6.88. The first-order valence-corrected chi connectivity index (χ1v) is 13.1. The van der Waals surface area contributed by atoms with Crippen LogP contribution in [0.1, 0.15) is 30.9 Å². The maximum atomic E-state index is 13.3. The number of carbonyl (C=O) groups is 1. The molecule has 200 valence electrons. The van der Waals surface area contributed by atoms with Crippen molar-refractivity contribution in [3.05, 3.63) is 65.9 Å². The van der Waals surface area contributed by atoms with E-state index in [4.69, 9.17) is 4.74 Å². The van der Waals surface area contributed by atoms with E-state index in [1.165, 1.54) is 12.1 Å². The predicted molar refractivity (Wildman–Crippen MR) is 141 cm³/mol. The van der Waals surface area contributed by atoms with Gasteiger partial charge in [-0.25, -0.2) is 8.78 Å². The SMILES string of the molecule is COc1ccc2nccc([C@@H](CC[C@@H]3CCN(CC#CSc4cc(F)cc(F)c4)C[C@@H]3C(=O)O)NO)c2c1. The van der Waals surface area contributed by atoms with Crippen LogP contribution >= 0.6 is 11.8 Å². The highest BCUT2D eigenvalue weighted by Gasteiger charge is 2.34. The molecular weight excluding hydrogens is 512 g/mol. The van der Waals surface area contributed by atoms with Crippen LogP contribution in [0.15, 0.2) is 53.6 Å². The van der Waals surface area contributed by atoms with E-state index in [2.05, 4.69) is 21.6 Å². The monoisotopic (exact) mass is 541 g/mol. The molecule has 0 saturated carbocycles. The number of pyridine rings is 1. The third-order valence-corrected chi connectivity index (χ3v) is 7.59. The second-order valence-corrected chi connectivity index (χ2v) is 10.1. The Hall–Kier alpha value is -3.23. The van der Waals surface area contributed by atoms with Gasteiger partial charge in [-0.05, 0) is 90.7 Å². The molecule has 1 aliphatic heterocycles. The highest BCUT2D eigenvalue weighted by atomic mass is 32.2. The van der Waals surface area contributed by atoms with E-state index in [9.17, 15) is 23.9 Å². The first kappa shape index (κ1) is 27.8. The molecule has 0 radical (unpaired) electrons. The summed E-state index contributed by atoms with van der Waals surface area (Å²) in [7, 11) is 1.59. The van der Waals surface area contributed by atoms with Gasteiger partial charge in [0.05, 0.1) is 31.1 Å². The number of carboxylic acids is 1. The summed E-state index contributed by atoms with van der Waals surface area (Å²) < 4.78 is 32.0. The number of benzene rings is 2. The molecule has 0 bridgehead atoms. The minimum absolute atomic E-state index is 0.0557. The summed E-state index contributed by atoms with van der Waals surface area (Å²) in [6.45, 7) is 1.42. The van der Waals surface area contributed by atoms with Gasteiger partial charge in [0.2, 0.25) is 0 Å². The molecule has 1 saturated heterocycles. The number of hydroxylamine groups is 1. The molecular formula is C28H29F2N3O4S. The fraction of sp³-hybridized carbons (Fsp3) is 0.357. The van der Waals surface area contributed by atoms with Gasteiger partial charge in [0.15, 0.2) is 0 Å². The quantitative estimate of drug-likeness (QED) is 0.196. The molecule has 2 heterocycles. The van der Waals surface area contributed by atoms with Crippen molar-refractivity contribution < 1.29 is 28.6 Å². The Kier molecular flexibility index (Phi) is 9.53. The lowest BCUT2D eigenvalue weighted by molar-refractivity contribution is -0.146. The van der Waals surface area contributed by atoms with Crippen molar-refractivity contribution in [2.45, 2.75) is 30.2 Å². The molecule has 0 unspecified atom stereocenters. The van der Waals surface area contributed by atoms with E-state index in [1.54, 1.807) is 13.3 Å². The van der Waals surface area contributed by atoms with Crippen LogP contribution in [-0.2, 0) is 4.79 Å². The fourth-order valence-corrected chi connectivity index (χ4v) is 5.51. The number of aromatic nitrogens is 1. The fourth-order valence-electron chi connectivity index (χ4n) is 4.91. The second kappa shape index (κ2) is 13.0. The van der Waals surface area contributed by atoms with E-state index in [-0.39, 0.29) is 5.92 Å². The molecule has 1 aromatic heterocycles. The molecule has 3 aromatic rings. The number of hydrogen-bond acceptors (Lipinski definition) is 7. The van der Waals surface area contributed by atoms with Gasteiger partial charge in [0, 0.05) is 29.1 Å².